The molecule has 2 bridgehead atoms. The molecule has 1 aromatic heterocycles. The molecule has 11 heteroatoms. The van der Waals surface area contributed by atoms with Crippen molar-refractivity contribution in [2.45, 2.75) is 37.8 Å². The van der Waals surface area contributed by atoms with Gasteiger partial charge in [0.1, 0.15) is 11.9 Å². The lowest BCUT2D eigenvalue weighted by molar-refractivity contribution is -0.116. The van der Waals surface area contributed by atoms with E-state index in [4.69, 9.17) is 16.3 Å². The zero-order valence-electron chi connectivity index (χ0n) is 21.3. The minimum Gasteiger partial charge on any atom is -0.453 e. The zero-order chi connectivity index (χ0) is 27.4. The topological polar surface area (TPSA) is 126 Å². The monoisotopic (exact) mass is 549 g/mol. The second kappa shape index (κ2) is 11.6. The van der Waals surface area contributed by atoms with Gasteiger partial charge in [0, 0.05) is 35.7 Å². The number of hydrogen-bond acceptors (Lipinski definition) is 6. The Hall–Kier alpha value is -4.31. The molecular formula is C28H28ClN5O5. The number of benzene rings is 2. The molecule has 1 saturated heterocycles. The van der Waals surface area contributed by atoms with E-state index in [1.54, 1.807) is 35.4 Å². The highest BCUT2D eigenvalue weighted by molar-refractivity contribution is 6.30. The van der Waals surface area contributed by atoms with Crippen LogP contribution in [0.5, 0.6) is 0 Å². The first-order valence-electron chi connectivity index (χ1n) is 12.6. The van der Waals surface area contributed by atoms with Crippen molar-refractivity contribution in [3.63, 3.8) is 0 Å². The summed E-state index contributed by atoms with van der Waals surface area (Å²) >= 11 is 6.14. The van der Waals surface area contributed by atoms with Crippen molar-refractivity contribution in [1.29, 1.82) is 0 Å². The van der Waals surface area contributed by atoms with E-state index in [1.807, 2.05) is 30.4 Å². The third-order valence-electron chi connectivity index (χ3n) is 6.70. The summed E-state index contributed by atoms with van der Waals surface area (Å²) in [4.78, 5) is 47.2. The molecule has 3 amide bonds. The van der Waals surface area contributed by atoms with Crippen LogP contribution in [0.15, 0.2) is 60.8 Å². The van der Waals surface area contributed by atoms with Crippen molar-refractivity contribution in [2.24, 2.45) is 0 Å². The summed E-state index contributed by atoms with van der Waals surface area (Å²) < 4.78 is 10.5. The number of allylic oxidation sites excluding steroid dienone is 1. The van der Waals surface area contributed by atoms with Gasteiger partial charge in [-0.1, -0.05) is 35.9 Å². The van der Waals surface area contributed by atoms with Gasteiger partial charge in [-0.25, -0.2) is 14.6 Å². The van der Waals surface area contributed by atoms with Crippen molar-refractivity contribution < 1.29 is 23.9 Å². The summed E-state index contributed by atoms with van der Waals surface area (Å²) in [6.45, 7) is 0.476. The number of methoxy groups -OCH3 is 1. The van der Waals surface area contributed by atoms with E-state index in [0.29, 0.717) is 59.3 Å². The van der Waals surface area contributed by atoms with Crippen LogP contribution < -0.4 is 10.6 Å². The van der Waals surface area contributed by atoms with Crippen molar-refractivity contribution >= 4 is 41.1 Å². The minimum absolute atomic E-state index is 0.168. The molecule has 3 aromatic rings. The summed E-state index contributed by atoms with van der Waals surface area (Å²) in [7, 11) is 1.28. The number of aromatic nitrogens is 2. The highest BCUT2D eigenvalue weighted by atomic mass is 35.5. The van der Waals surface area contributed by atoms with Crippen LogP contribution in [0.2, 0.25) is 5.02 Å². The molecule has 3 N–H and O–H groups in total. The average molecular weight is 550 g/mol. The number of nitrogens with one attached hydrogen (secondary N) is 3. The van der Waals surface area contributed by atoms with Crippen LogP contribution in [-0.4, -0.2) is 46.6 Å². The molecular weight excluding hydrogens is 522 g/mol. The fourth-order valence-corrected chi connectivity index (χ4v) is 4.95. The van der Waals surface area contributed by atoms with Gasteiger partial charge in [0.25, 0.3) is 0 Å². The number of halogens is 1. The molecule has 5 rings (SSSR count). The van der Waals surface area contributed by atoms with E-state index < -0.39 is 18.2 Å². The van der Waals surface area contributed by atoms with Gasteiger partial charge in [-0.3, -0.25) is 15.0 Å². The Morgan fingerprint density at radius 3 is 2.87 bits per heavy atom. The van der Waals surface area contributed by atoms with Crippen LogP contribution in [0.25, 0.3) is 11.3 Å². The van der Waals surface area contributed by atoms with E-state index in [2.05, 4.69) is 25.3 Å². The van der Waals surface area contributed by atoms with Gasteiger partial charge in [-0.15, -0.1) is 0 Å². The second-order valence-corrected chi connectivity index (χ2v) is 9.71. The number of ether oxygens (including phenoxy) is 2. The quantitative estimate of drug-likeness (QED) is 0.333. The van der Waals surface area contributed by atoms with Crippen molar-refractivity contribution in [2.75, 3.05) is 24.3 Å². The number of imidazole rings is 1. The lowest BCUT2D eigenvalue weighted by Crippen LogP contribution is -2.41. The molecule has 0 saturated carbocycles. The Balaban J connectivity index is 1.43. The summed E-state index contributed by atoms with van der Waals surface area (Å²) in [6, 6.07) is 12.1. The number of rotatable bonds is 3. The van der Waals surface area contributed by atoms with Crippen LogP contribution in [0, 0.1) is 0 Å². The number of hydrogen-bond donors (Lipinski definition) is 3. The van der Waals surface area contributed by atoms with E-state index in [-0.39, 0.29) is 18.4 Å². The van der Waals surface area contributed by atoms with Gasteiger partial charge in [0.15, 0.2) is 0 Å². The molecule has 0 spiro atoms. The maximum absolute atomic E-state index is 13.2. The number of amides is 3. The predicted molar refractivity (Wildman–Crippen MR) is 146 cm³/mol. The van der Waals surface area contributed by atoms with Gasteiger partial charge >= 0.3 is 12.2 Å². The fraction of sp³-hybridized carbons (Fsp3) is 0.286. The fourth-order valence-electron chi connectivity index (χ4n) is 4.75. The molecule has 10 nitrogen and oxygen atoms in total. The minimum atomic E-state index is -0.617. The lowest BCUT2D eigenvalue weighted by Gasteiger charge is -2.36. The number of carbonyl (C=O) groups excluding carboxylic acids is 3. The standard InChI is InChI=1S/C28H28ClN5O5/c1-38-27(36)31-19-10-11-20-21(15-19)32-25(35)9-4-2-3-8-23(26-30-16-22(20)33-26)34-13-12-24(39-28(34)37)17-6-5-7-18(29)14-17/h2-3,5-7,10-11,14-16,23-24H,4,8-9,12-13H2,1H3,(H,30,33)(H,31,36)(H,32,35)/b3-2-/t23-,24?/m0/s1. The Bertz CT molecular complexity index is 1420. The third-order valence-corrected chi connectivity index (χ3v) is 6.93. The Morgan fingerprint density at radius 1 is 1.21 bits per heavy atom. The van der Waals surface area contributed by atoms with E-state index in [9.17, 15) is 14.4 Å². The van der Waals surface area contributed by atoms with Crippen molar-refractivity contribution in [1.82, 2.24) is 14.9 Å². The van der Waals surface area contributed by atoms with Crippen LogP contribution in [-0.2, 0) is 14.3 Å². The lowest BCUT2D eigenvalue weighted by atomic mass is 10.0. The summed E-state index contributed by atoms with van der Waals surface area (Å²) in [5.74, 6) is 0.430. The van der Waals surface area contributed by atoms with E-state index in [0.717, 1.165) is 5.56 Å². The maximum atomic E-state index is 13.2. The molecule has 2 aliphatic rings. The summed E-state index contributed by atoms with van der Waals surface area (Å²) in [5.41, 5.74) is 3.17. The SMILES string of the molecule is COC(=O)Nc1ccc2c(c1)NC(=O)CC/C=C\C[C@H](N1CCC(c3cccc(Cl)c3)OC1=O)c1ncc-2[nH]1. The average Bonchev–Trinajstić information content (AvgIpc) is 3.40. The summed E-state index contributed by atoms with van der Waals surface area (Å²) in [5, 5.41) is 6.13. The smallest absolute Gasteiger partial charge is 0.411 e. The van der Waals surface area contributed by atoms with E-state index in [1.165, 1.54) is 7.11 Å². The normalized spacial score (nSPS) is 20.3. The largest absolute Gasteiger partial charge is 0.453 e. The summed E-state index contributed by atoms with van der Waals surface area (Å²) in [6.07, 6.45) is 6.04. The first kappa shape index (κ1) is 26.3. The first-order chi connectivity index (χ1) is 18.9. The van der Waals surface area contributed by atoms with Crippen LogP contribution in [0.4, 0.5) is 21.0 Å². The number of carbonyl (C=O) groups is 3. The second-order valence-electron chi connectivity index (χ2n) is 9.28. The highest BCUT2D eigenvalue weighted by Gasteiger charge is 2.35. The van der Waals surface area contributed by atoms with Gasteiger partial charge in [-0.05, 0) is 48.7 Å². The third kappa shape index (κ3) is 6.06. The molecule has 2 aliphatic heterocycles. The number of cyclic esters (lactones) is 1. The first-order valence-corrected chi connectivity index (χ1v) is 13.0. The van der Waals surface area contributed by atoms with Gasteiger partial charge in [-0.2, -0.15) is 0 Å². The molecule has 0 radical (unpaired) electrons. The van der Waals surface area contributed by atoms with Gasteiger partial charge < -0.3 is 19.8 Å². The van der Waals surface area contributed by atoms with E-state index >= 15 is 0 Å². The molecule has 0 aliphatic carbocycles. The zero-order valence-corrected chi connectivity index (χ0v) is 22.0. The molecule has 3 heterocycles. The maximum Gasteiger partial charge on any atom is 0.411 e. The molecule has 2 atom stereocenters. The number of aromatic amines is 1. The molecule has 202 valence electrons. The Morgan fingerprint density at radius 2 is 2.08 bits per heavy atom. The molecule has 39 heavy (non-hydrogen) atoms. The number of fused-ring (bicyclic) bond motifs is 4. The van der Waals surface area contributed by atoms with Gasteiger partial charge in [0.2, 0.25) is 5.91 Å². The van der Waals surface area contributed by atoms with Crippen molar-refractivity contribution in [3.8, 4) is 11.3 Å². The van der Waals surface area contributed by atoms with Crippen LogP contribution in [0.3, 0.4) is 0 Å². The highest BCUT2D eigenvalue weighted by Crippen LogP contribution is 2.36. The molecule has 2 aromatic carbocycles. The van der Waals surface area contributed by atoms with Crippen LogP contribution in [0.1, 0.15) is 49.2 Å². The number of nitrogens with zero attached hydrogens (tertiary/aromatic N) is 2. The number of H-pyrrole nitrogens is 1. The van der Waals surface area contributed by atoms with Crippen LogP contribution >= 0.6 is 11.6 Å². The molecule has 1 fully saturated rings. The number of anilines is 2. The Labute approximate surface area is 230 Å². The Kier molecular flexibility index (Phi) is 7.83. The van der Waals surface area contributed by atoms with Gasteiger partial charge in [0.05, 0.1) is 30.7 Å². The molecule has 1 unspecified atom stereocenters. The predicted octanol–water partition coefficient (Wildman–Crippen LogP) is 6.21. The van der Waals surface area contributed by atoms with Crippen molar-refractivity contribution in [3.05, 3.63) is 77.2 Å².